The number of hydrogen-bond acceptors (Lipinski definition) is 3. The Balaban J connectivity index is 1.80. The molecule has 76 valence electrons. The van der Waals surface area contributed by atoms with E-state index in [9.17, 15) is 8.42 Å². The minimum Gasteiger partial charge on any atom is -0.313 e. The van der Waals surface area contributed by atoms with Gasteiger partial charge in [0.1, 0.15) is 0 Å². The Morgan fingerprint density at radius 2 is 1.92 bits per heavy atom. The highest BCUT2D eigenvalue weighted by atomic mass is 32.2. The van der Waals surface area contributed by atoms with Crippen molar-refractivity contribution in [1.29, 1.82) is 0 Å². The second kappa shape index (κ2) is 3.58. The van der Waals surface area contributed by atoms with E-state index in [1.54, 1.807) is 0 Å². The zero-order chi connectivity index (χ0) is 9.31. The molecular weight excluding hydrogens is 186 g/mol. The van der Waals surface area contributed by atoms with Gasteiger partial charge in [0.15, 0.2) is 9.84 Å². The maximum absolute atomic E-state index is 11.4. The van der Waals surface area contributed by atoms with E-state index in [4.69, 9.17) is 0 Å². The molecule has 1 aliphatic carbocycles. The molecular formula is C9H17NO2S. The smallest absolute Gasteiger partial charge is 0.154 e. The van der Waals surface area contributed by atoms with Crippen molar-refractivity contribution >= 4 is 9.84 Å². The number of nitrogens with one attached hydrogen (secondary N) is 1. The van der Waals surface area contributed by atoms with Gasteiger partial charge in [-0.25, -0.2) is 8.42 Å². The SMILES string of the molecule is O=S1(=O)CCCC1CNC1CCC1. The van der Waals surface area contributed by atoms with Gasteiger partial charge in [-0.1, -0.05) is 6.42 Å². The molecule has 2 rings (SSSR count). The van der Waals surface area contributed by atoms with Crippen molar-refractivity contribution in [1.82, 2.24) is 5.32 Å². The summed E-state index contributed by atoms with van der Waals surface area (Å²) >= 11 is 0. The van der Waals surface area contributed by atoms with E-state index in [1.807, 2.05) is 0 Å². The standard InChI is InChI=1S/C9H17NO2S/c11-13(12)6-2-5-9(13)7-10-8-3-1-4-8/h8-10H,1-7H2. The summed E-state index contributed by atoms with van der Waals surface area (Å²) in [7, 11) is -2.73. The molecule has 0 spiro atoms. The minimum atomic E-state index is -2.73. The number of hydrogen-bond donors (Lipinski definition) is 1. The summed E-state index contributed by atoms with van der Waals surface area (Å²) in [5.74, 6) is 0.407. The van der Waals surface area contributed by atoms with Crippen LogP contribution in [0.2, 0.25) is 0 Å². The Bertz CT molecular complexity index is 269. The Kier molecular flexibility index (Phi) is 2.60. The van der Waals surface area contributed by atoms with Gasteiger partial charge in [-0.05, 0) is 25.7 Å². The monoisotopic (exact) mass is 203 g/mol. The molecule has 1 saturated carbocycles. The van der Waals surface area contributed by atoms with Crippen molar-refractivity contribution in [2.45, 2.75) is 43.4 Å². The first-order valence-electron chi connectivity index (χ1n) is 5.13. The van der Waals surface area contributed by atoms with Crippen LogP contribution in [-0.2, 0) is 9.84 Å². The number of rotatable bonds is 3. The van der Waals surface area contributed by atoms with Crippen LogP contribution in [0, 0.1) is 0 Å². The Hall–Kier alpha value is -0.0900. The van der Waals surface area contributed by atoms with Gasteiger partial charge in [-0.2, -0.15) is 0 Å². The lowest BCUT2D eigenvalue weighted by molar-refractivity contribution is 0.339. The molecule has 1 aliphatic heterocycles. The molecule has 4 heteroatoms. The first-order valence-corrected chi connectivity index (χ1v) is 6.85. The molecule has 1 N–H and O–H groups in total. The van der Waals surface area contributed by atoms with Gasteiger partial charge in [0.05, 0.1) is 11.0 Å². The van der Waals surface area contributed by atoms with E-state index in [0.29, 0.717) is 18.3 Å². The predicted molar refractivity (Wildman–Crippen MR) is 52.5 cm³/mol. The van der Waals surface area contributed by atoms with Gasteiger partial charge in [-0.15, -0.1) is 0 Å². The zero-order valence-electron chi connectivity index (χ0n) is 7.83. The lowest BCUT2D eigenvalue weighted by atomic mass is 9.93. The fourth-order valence-electron chi connectivity index (χ4n) is 2.00. The van der Waals surface area contributed by atoms with Crippen molar-refractivity contribution in [3.05, 3.63) is 0 Å². The fraction of sp³-hybridized carbons (Fsp3) is 1.00. The fourth-order valence-corrected chi connectivity index (χ4v) is 3.78. The normalized spacial score (nSPS) is 33.1. The van der Waals surface area contributed by atoms with Gasteiger partial charge in [-0.3, -0.25) is 0 Å². The van der Waals surface area contributed by atoms with Gasteiger partial charge in [0, 0.05) is 12.6 Å². The molecule has 0 amide bonds. The minimum absolute atomic E-state index is 0.0897. The summed E-state index contributed by atoms with van der Waals surface area (Å²) < 4.78 is 22.9. The Morgan fingerprint density at radius 1 is 1.15 bits per heavy atom. The van der Waals surface area contributed by atoms with Crippen LogP contribution in [-0.4, -0.2) is 32.0 Å². The second-order valence-electron chi connectivity index (χ2n) is 4.17. The molecule has 1 unspecified atom stereocenters. The van der Waals surface area contributed by atoms with Crippen LogP contribution < -0.4 is 5.32 Å². The quantitative estimate of drug-likeness (QED) is 0.734. The van der Waals surface area contributed by atoms with Crippen molar-refractivity contribution in [2.75, 3.05) is 12.3 Å². The average molecular weight is 203 g/mol. The molecule has 2 fully saturated rings. The zero-order valence-corrected chi connectivity index (χ0v) is 8.65. The Morgan fingerprint density at radius 3 is 2.38 bits per heavy atom. The Labute approximate surface area is 79.8 Å². The van der Waals surface area contributed by atoms with E-state index in [-0.39, 0.29) is 5.25 Å². The highest BCUT2D eigenvalue weighted by Gasteiger charge is 2.31. The van der Waals surface area contributed by atoms with E-state index in [2.05, 4.69) is 5.32 Å². The third kappa shape index (κ3) is 2.05. The van der Waals surface area contributed by atoms with Gasteiger partial charge >= 0.3 is 0 Å². The van der Waals surface area contributed by atoms with E-state index >= 15 is 0 Å². The maximum Gasteiger partial charge on any atom is 0.154 e. The van der Waals surface area contributed by atoms with Crippen LogP contribution in [0.3, 0.4) is 0 Å². The highest BCUT2D eigenvalue weighted by Crippen LogP contribution is 2.22. The van der Waals surface area contributed by atoms with Crippen LogP contribution in [0.1, 0.15) is 32.1 Å². The van der Waals surface area contributed by atoms with Crippen LogP contribution in [0.15, 0.2) is 0 Å². The molecule has 0 bridgehead atoms. The predicted octanol–water partition coefficient (Wildman–Crippen LogP) is 0.706. The van der Waals surface area contributed by atoms with Crippen LogP contribution >= 0.6 is 0 Å². The molecule has 0 aromatic carbocycles. The summed E-state index contributed by atoms with van der Waals surface area (Å²) in [5.41, 5.74) is 0. The van der Waals surface area contributed by atoms with Gasteiger partial charge < -0.3 is 5.32 Å². The molecule has 0 aromatic heterocycles. The molecule has 1 saturated heterocycles. The molecule has 2 aliphatic rings. The van der Waals surface area contributed by atoms with E-state index in [0.717, 1.165) is 12.8 Å². The lowest BCUT2D eigenvalue weighted by Crippen LogP contribution is -2.41. The number of sulfone groups is 1. The van der Waals surface area contributed by atoms with Gasteiger partial charge in [0.25, 0.3) is 0 Å². The van der Waals surface area contributed by atoms with Crippen molar-refractivity contribution in [3.63, 3.8) is 0 Å². The van der Waals surface area contributed by atoms with Crippen LogP contribution in [0.4, 0.5) is 0 Å². The van der Waals surface area contributed by atoms with E-state index in [1.165, 1.54) is 19.3 Å². The average Bonchev–Trinajstić information content (AvgIpc) is 2.27. The second-order valence-corrected chi connectivity index (χ2v) is 6.57. The summed E-state index contributed by atoms with van der Waals surface area (Å²) in [5, 5.41) is 3.25. The molecule has 1 heterocycles. The summed E-state index contributed by atoms with van der Waals surface area (Å²) in [4.78, 5) is 0. The molecule has 1 atom stereocenters. The first kappa shape index (κ1) is 9.46. The van der Waals surface area contributed by atoms with E-state index < -0.39 is 9.84 Å². The summed E-state index contributed by atoms with van der Waals surface area (Å²) in [6.45, 7) is 0.688. The highest BCUT2D eigenvalue weighted by molar-refractivity contribution is 7.92. The summed E-state index contributed by atoms with van der Waals surface area (Å²) in [6, 6.07) is 0.607. The third-order valence-corrected chi connectivity index (χ3v) is 5.48. The topological polar surface area (TPSA) is 46.2 Å². The van der Waals surface area contributed by atoms with Crippen LogP contribution in [0.25, 0.3) is 0 Å². The van der Waals surface area contributed by atoms with Gasteiger partial charge in [0.2, 0.25) is 0 Å². The lowest BCUT2D eigenvalue weighted by Gasteiger charge is -2.27. The first-order chi connectivity index (χ1) is 6.18. The third-order valence-electron chi connectivity index (χ3n) is 3.20. The van der Waals surface area contributed by atoms with Crippen molar-refractivity contribution in [3.8, 4) is 0 Å². The molecule has 0 aromatic rings. The van der Waals surface area contributed by atoms with Crippen molar-refractivity contribution < 1.29 is 8.42 Å². The molecule has 13 heavy (non-hydrogen) atoms. The summed E-state index contributed by atoms with van der Waals surface area (Å²) in [6.07, 6.45) is 5.48. The maximum atomic E-state index is 11.4. The van der Waals surface area contributed by atoms with Crippen LogP contribution in [0.5, 0.6) is 0 Å². The largest absolute Gasteiger partial charge is 0.313 e. The molecule has 0 radical (unpaired) electrons. The van der Waals surface area contributed by atoms with Crippen molar-refractivity contribution in [2.24, 2.45) is 0 Å². The molecule has 3 nitrogen and oxygen atoms in total.